The quantitative estimate of drug-likeness (QED) is 0.317. The molecule has 0 bridgehead atoms. The molecule has 2 amide bonds. The van der Waals surface area contributed by atoms with Crippen LogP contribution in [0.5, 0.6) is 0 Å². The number of nitrogens with one attached hydrogen (secondary N) is 2. The van der Waals surface area contributed by atoms with E-state index in [-0.39, 0.29) is 17.6 Å². The summed E-state index contributed by atoms with van der Waals surface area (Å²) in [6, 6.07) is 17.8. The molecule has 0 spiro atoms. The van der Waals surface area contributed by atoms with Gasteiger partial charge in [-0.05, 0) is 71.2 Å². The van der Waals surface area contributed by atoms with Gasteiger partial charge in [-0.25, -0.2) is 0 Å². The topological polar surface area (TPSA) is 75.3 Å². The molecule has 5 nitrogen and oxygen atoms in total. The van der Waals surface area contributed by atoms with Gasteiger partial charge in [0.25, 0.3) is 5.91 Å². The SMILES string of the molecule is C=C/C(C(=O)Nc1ccc(CCC(C)=O)cc1)=C(/C)C=C(C)C.CCNC(C)=O.Cc1ccccc1. The maximum atomic E-state index is 12.4. The lowest BCUT2D eigenvalue weighted by atomic mass is 10.1. The molecule has 0 atom stereocenters. The van der Waals surface area contributed by atoms with Gasteiger partial charge in [0.1, 0.15) is 5.78 Å². The first-order valence-electron chi connectivity index (χ1n) is 12.1. The van der Waals surface area contributed by atoms with E-state index in [1.54, 1.807) is 13.0 Å². The fourth-order valence-electron chi connectivity index (χ4n) is 3.00. The van der Waals surface area contributed by atoms with Gasteiger partial charge in [0.15, 0.2) is 0 Å². The van der Waals surface area contributed by atoms with Crippen molar-refractivity contribution >= 4 is 23.3 Å². The summed E-state index contributed by atoms with van der Waals surface area (Å²) in [6.45, 7) is 17.4. The van der Waals surface area contributed by atoms with Gasteiger partial charge in [-0.1, -0.05) is 72.3 Å². The zero-order valence-electron chi connectivity index (χ0n) is 22.9. The summed E-state index contributed by atoms with van der Waals surface area (Å²) in [5, 5.41) is 5.44. The van der Waals surface area contributed by atoms with Crippen LogP contribution >= 0.6 is 0 Å². The molecule has 0 aliphatic heterocycles. The molecule has 0 saturated carbocycles. The van der Waals surface area contributed by atoms with Crippen LogP contribution in [0.4, 0.5) is 5.69 Å². The van der Waals surface area contributed by atoms with Crippen molar-refractivity contribution in [1.82, 2.24) is 5.32 Å². The highest BCUT2D eigenvalue weighted by atomic mass is 16.2. The van der Waals surface area contributed by atoms with Crippen LogP contribution < -0.4 is 10.6 Å². The zero-order valence-corrected chi connectivity index (χ0v) is 22.9. The second kappa shape index (κ2) is 18.6. The Bertz CT molecular complexity index is 1030. The molecule has 2 aromatic rings. The van der Waals surface area contributed by atoms with E-state index in [1.807, 2.05) is 76.2 Å². The van der Waals surface area contributed by atoms with E-state index in [1.165, 1.54) is 12.5 Å². The smallest absolute Gasteiger partial charge is 0.255 e. The molecule has 0 aliphatic carbocycles. The number of hydrogen-bond donors (Lipinski definition) is 2. The van der Waals surface area contributed by atoms with E-state index in [0.29, 0.717) is 12.0 Å². The lowest BCUT2D eigenvalue weighted by molar-refractivity contribution is -0.119. The Morgan fingerprint density at radius 3 is 1.83 bits per heavy atom. The van der Waals surface area contributed by atoms with Crippen molar-refractivity contribution < 1.29 is 14.4 Å². The Kier molecular flexibility index (Phi) is 16.7. The number of Topliss-reactive ketones (excluding diaryl/α,β-unsaturated/α-hetero) is 1. The summed E-state index contributed by atoms with van der Waals surface area (Å²) < 4.78 is 0. The number of carbonyl (C=O) groups is 3. The lowest BCUT2D eigenvalue weighted by Gasteiger charge is -2.09. The molecule has 0 radical (unpaired) electrons. The summed E-state index contributed by atoms with van der Waals surface area (Å²) in [6.07, 6.45) is 4.80. The summed E-state index contributed by atoms with van der Waals surface area (Å²) in [5.74, 6) is 0.0434. The van der Waals surface area contributed by atoms with Gasteiger partial charge in [-0.2, -0.15) is 0 Å². The van der Waals surface area contributed by atoms with Gasteiger partial charge in [0, 0.05) is 31.1 Å². The van der Waals surface area contributed by atoms with Gasteiger partial charge >= 0.3 is 0 Å². The second-order valence-corrected chi connectivity index (χ2v) is 8.62. The van der Waals surface area contributed by atoms with E-state index in [0.717, 1.165) is 35.4 Å². The van der Waals surface area contributed by atoms with Gasteiger partial charge in [-0.15, -0.1) is 0 Å². The van der Waals surface area contributed by atoms with Crippen molar-refractivity contribution in [3.05, 3.63) is 101 Å². The molecule has 0 aromatic heterocycles. The van der Waals surface area contributed by atoms with Crippen LogP contribution in [-0.4, -0.2) is 24.1 Å². The molecule has 0 fully saturated rings. The van der Waals surface area contributed by atoms with E-state index < -0.39 is 0 Å². The fourth-order valence-corrected chi connectivity index (χ4v) is 3.00. The van der Waals surface area contributed by atoms with Crippen LogP contribution in [0.2, 0.25) is 0 Å². The van der Waals surface area contributed by atoms with Crippen molar-refractivity contribution in [3.8, 4) is 0 Å². The Morgan fingerprint density at radius 1 is 0.889 bits per heavy atom. The maximum Gasteiger partial charge on any atom is 0.255 e. The molecule has 2 N–H and O–H groups in total. The molecule has 0 unspecified atom stereocenters. The molecular weight excluding hydrogens is 448 g/mol. The summed E-state index contributed by atoms with van der Waals surface area (Å²) in [4.78, 5) is 33.3. The number of rotatable bonds is 8. The molecule has 0 saturated heterocycles. The molecule has 2 aromatic carbocycles. The first kappa shape index (κ1) is 32.3. The van der Waals surface area contributed by atoms with E-state index in [4.69, 9.17) is 0 Å². The minimum Gasteiger partial charge on any atom is -0.357 e. The van der Waals surface area contributed by atoms with Crippen LogP contribution in [0.15, 0.2) is 90.0 Å². The van der Waals surface area contributed by atoms with E-state index in [9.17, 15) is 14.4 Å². The number of aryl methyl sites for hydroxylation is 2. The van der Waals surface area contributed by atoms with Gasteiger partial charge < -0.3 is 15.4 Å². The Morgan fingerprint density at radius 2 is 1.47 bits per heavy atom. The first-order chi connectivity index (χ1) is 17.0. The molecule has 194 valence electrons. The van der Waals surface area contributed by atoms with E-state index in [2.05, 4.69) is 36.3 Å². The fraction of sp³-hybridized carbons (Fsp3) is 0.323. The number of benzene rings is 2. The summed E-state index contributed by atoms with van der Waals surface area (Å²) in [5.41, 5.74) is 5.71. The molecule has 5 heteroatoms. The minimum absolute atomic E-state index is 0.0394. The van der Waals surface area contributed by atoms with E-state index >= 15 is 0 Å². The third kappa shape index (κ3) is 16.0. The number of amides is 2. The minimum atomic E-state index is -0.175. The predicted molar refractivity (Wildman–Crippen MR) is 152 cm³/mol. The van der Waals surface area contributed by atoms with Crippen LogP contribution in [0.1, 0.15) is 59.1 Å². The highest BCUT2D eigenvalue weighted by Gasteiger charge is 2.09. The predicted octanol–water partition coefficient (Wildman–Crippen LogP) is 6.75. The lowest BCUT2D eigenvalue weighted by Crippen LogP contribution is -2.18. The Balaban J connectivity index is 0.000000762. The standard InChI is InChI=1S/C20H25NO2.C7H8.C4H9NO/c1-6-19(15(4)13-14(2)3)20(23)21-18-11-9-17(10-12-18)8-7-16(5)22;1-7-5-3-2-4-6-7;1-3-5-4(2)6/h6,9-13H,1,7-8H2,2-5H3,(H,21,23);2-6H,1H3;3H2,1-2H3,(H,5,6)/b19-15+;;. The maximum absolute atomic E-state index is 12.4. The molecule has 2 rings (SSSR count). The largest absolute Gasteiger partial charge is 0.357 e. The third-order valence-corrected chi connectivity index (χ3v) is 4.72. The van der Waals surface area contributed by atoms with Crippen LogP contribution in [-0.2, 0) is 20.8 Å². The highest BCUT2D eigenvalue weighted by molar-refractivity contribution is 6.06. The van der Waals surface area contributed by atoms with Crippen molar-refractivity contribution in [1.29, 1.82) is 0 Å². The van der Waals surface area contributed by atoms with Crippen molar-refractivity contribution in [2.75, 3.05) is 11.9 Å². The highest BCUT2D eigenvalue weighted by Crippen LogP contribution is 2.15. The Labute approximate surface area is 217 Å². The number of allylic oxidation sites excluding steroid dienone is 3. The van der Waals surface area contributed by atoms with Crippen LogP contribution in [0.3, 0.4) is 0 Å². The van der Waals surface area contributed by atoms with Crippen molar-refractivity contribution in [2.24, 2.45) is 0 Å². The van der Waals surface area contributed by atoms with Crippen molar-refractivity contribution in [3.63, 3.8) is 0 Å². The second-order valence-electron chi connectivity index (χ2n) is 8.62. The third-order valence-electron chi connectivity index (χ3n) is 4.72. The van der Waals surface area contributed by atoms with Gasteiger partial charge in [0.2, 0.25) is 5.91 Å². The number of hydrogen-bond acceptors (Lipinski definition) is 3. The summed E-state index contributed by atoms with van der Waals surface area (Å²) >= 11 is 0. The number of anilines is 1. The number of ketones is 1. The molecular formula is C31H42N2O3. The van der Waals surface area contributed by atoms with Gasteiger partial charge in [0.05, 0.1) is 0 Å². The van der Waals surface area contributed by atoms with Crippen molar-refractivity contribution in [2.45, 2.75) is 61.3 Å². The summed E-state index contributed by atoms with van der Waals surface area (Å²) in [7, 11) is 0. The van der Waals surface area contributed by atoms with Gasteiger partial charge in [-0.3, -0.25) is 9.59 Å². The average Bonchev–Trinajstić information content (AvgIpc) is 2.80. The number of carbonyl (C=O) groups excluding carboxylic acids is 3. The molecule has 36 heavy (non-hydrogen) atoms. The monoisotopic (exact) mass is 490 g/mol. The zero-order chi connectivity index (χ0) is 27.5. The average molecular weight is 491 g/mol. The molecule has 0 heterocycles. The Hall–Kier alpha value is -3.73. The first-order valence-corrected chi connectivity index (χ1v) is 12.1. The normalized spacial score (nSPS) is 10.2. The van der Waals surface area contributed by atoms with Crippen LogP contribution in [0, 0.1) is 6.92 Å². The van der Waals surface area contributed by atoms with Crippen LogP contribution in [0.25, 0.3) is 0 Å². The molecule has 0 aliphatic rings.